The molecule has 1 fully saturated rings. The molecule has 0 spiro atoms. The average Bonchev–Trinajstić information content (AvgIpc) is 2.59. The Labute approximate surface area is 114 Å². The van der Waals surface area contributed by atoms with Crippen molar-refractivity contribution in [3.8, 4) is 0 Å². The van der Waals surface area contributed by atoms with Crippen molar-refractivity contribution in [2.24, 2.45) is 0 Å². The zero-order valence-electron chi connectivity index (χ0n) is 10.6. The number of rotatable bonds is 1. The fourth-order valence-corrected chi connectivity index (χ4v) is 2.51. The van der Waals surface area contributed by atoms with Gasteiger partial charge in [0.2, 0.25) is 5.91 Å². The summed E-state index contributed by atoms with van der Waals surface area (Å²) < 4.78 is 14.2. The number of nitrogens with zero attached hydrogens (tertiary/aromatic N) is 1. The van der Waals surface area contributed by atoms with Gasteiger partial charge in [0.15, 0.2) is 6.10 Å². The summed E-state index contributed by atoms with van der Waals surface area (Å²) in [6.45, 7) is 1.19. The van der Waals surface area contributed by atoms with Gasteiger partial charge in [-0.3, -0.25) is 9.59 Å². The maximum absolute atomic E-state index is 14.2. The van der Waals surface area contributed by atoms with E-state index < -0.39 is 17.8 Å². The van der Waals surface area contributed by atoms with Crippen LogP contribution in [0.1, 0.15) is 18.1 Å². The van der Waals surface area contributed by atoms with Crippen LogP contribution in [0.5, 0.6) is 0 Å². The van der Waals surface area contributed by atoms with Crippen molar-refractivity contribution in [2.45, 2.75) is 12.5 Å². The topological polar surface area (TPSA) is 81.7 Å². The third-order valence-corrected chi connectivity index (χ3v) is 3.52. The highest BCUT2D eigenvalue weighted by atomic mass is 19.1. The molecule has 1 unspecified atom stereocenters. The predicted octanol–water partition coefficient (Wildman–Crippen LogP) is 0.137. The monoisotopic (exact) mass is 279 g/mol. The van der Waals surface area contributed by atoms with Gasteiger partial charge in [-0.25, -0.2) is 4.39 Å². The molecule has 106 valence electrons. The molecule has 1 saturated heterocycles. The number of carbonyl (C=O) groups is 2. The van der Waals surface area contributed by atoms with Gasteiger partial charge in [0.1, 0.15) is 5.82 Å². The Hall–Kier alpha value is -2.15. The number of benzene rings is 1. The van der Waals surface area contributed by atoms with E-state index in [4.69, 9.17) is 0 Å². The lowest BCUT2D eigenvalue weighted by Crippen LogP contribution is -2.33. The SMILES string of the molecule is O=C1CN(c2cc3c(cc2F)C(O)C(=O)N3)CCCN1. The van der Waals surface area contributed by atoms with Crippen molar-refractivity contribution >= 4 is 23.2 Å². The van der Waals surface area contributed by atoms with Crippen molar-refractivity contribution in [3.05, 3.63) is 23.5 Å². The van der Waals surface area contributed by atoms with Crippen molar-refractivity contribution in [2.75, 3.05) is 29.9 Å². The highest BCUT2D eigenvalue weighted by Gasteiger charge is 2.31. The number of aliphatic hydroxyl groups excluding tert-OH is 1. The third-order valence-electron chi connectivity index (χ3n) is 3.52. The molecule has 7 heteroatoms. The Balaban J connectivity index is 1.97. The number of anilines is 2. The van der Waals surface area contributed by atoms with E-state index in [1.54, 1.807) is 4.90 Å². The molecule has 2 amide bonds. The van der Waals surface area contributed by atoms with Crippen LogP contribution < -0.4 is 15.5 Å². The van der Waals surface area contributed by atoms with Gasteiger partial charge in [0.25, 0.3) is 5.91 Å². The minimum Gasteiger partial charge on any atom is -0.378 e. The lowest BCUT2D eigenvalue weighted by Gasteiger charge is -2.22. The maximum Gasteiger partial charge on any atom is 0.257 e. The maximum atomic E-state index is 14.2. The molecule has 2 aliphatic rings. The highest BCUT2D eigenvalue weighted by Crippen LogP contribution is 2.36. The molecule has 20 heavy (non-hydrogen) atoms. The van der Waals surface area contributed by atoms with Gasteiger partial charge < -0.3 is 20.6 Å². The van der Waals surface area contributed by atoms with Gasteiger partial charge in [-0.15, -0.1) is 0 Å². The number of fused-ring (bicyclic) bond motifs is 1. The fraction of sp³-hybridized carbons (Fsp3) is 0.385. The number of hydrogen-bond donors (Lipinski definition) is 3. The second-order valence-electron chi connectivity index (χ2n) is 4.91. The van der Waals surface area contributed by atoms with Gasteiger partial charge in [-0.05, 0) is 18.6 Å². The third kappa shape index (κ3) is 2.09. The van der Waals surface area contributed by atoms with E-state index in [9.17, 15) is 19.1 Å². The molecule has 3 rings (SSSR count). The van der Waals surface area contributed by atoms with Crippen molar-refractivity contribution in [3.63, 3.8) is 0 Å². The average molecular weight is 279 g/mol. The first-order valence-electron chi connectivity index (χ1n) is 6.40. The number of hydrogen-bond acceptors (Lipinski definition) is 4. The van der Waals surface area contributed by atoms with Gasteiger partial charge in [-0.2, -0.15) is 0 Å². The normalized spacial score (nSPS) is 22.1. The molecule has 2 heterocycles. The van der Waals surface area contributed by atoms with Crippen LogP contribution in [0.2, 0.25) is 0 Å². The van der Waals surface area contributed by atoms with E-state index in [1.165, 1.54) is 6.07 Å². The first-order valence-corrected chi connectivity index (χ1v) is 6.40. The molecule has 3 N–H and O–H groups in total. The van der Waals surface area contributed by atoms with Crippen molar-refractivity contribution in [1.82, 2.24) is 5.32 Å². The molecular formula is C13H14FN3O3. The van der Waals surface area contributed by atoms with Crippen LogP contribution >= 0.6 is 0 Å². The lowest BCUT2D eigenvalue weighted by molar-refractivity contribution is -0.123. The predicted molar refractivity (Wildman–Crippen MR) is 69.8 cm³/mol. The molecule has 1 aromatic rings. The molecule has 0 saturated carbocycles. The van der Waals surface area contributed by atoms with E-state index in [0.717, 1.165) is 12.5 Å². The summed E-state index contributed by atoms with van der Waals surface area (Å²) in [7, 11) is 0. The number of nitrogens with one attached hydrogen (secondary N) is 2. The Bertz CT molecular complexity index is 590. The summed E-state index contributed by atoms with van der Waals surface area (Å²) >= 11 is 0. The van der Waals surface area contributed by atoms with Crippen LogP contribution in [0, 0.1) is 5.82 Å². The first-order chi connectivity index (χ1) is 9.56. The van der Waals surface area contributed by atoms with Crippen LogP contribution in [0.25, 0.3) is 0 Å². The van der Waals surface area contributed by atoms with Crippen molar-refractivity contribution in [1.29, 1.82) is 0 Å². The Morgan fingerprint density at radius 2 is 2.15 bits per heavy atom. The van der Waals surface area contributed by atoms with E-state index in [2.05, 4.69) is 10.6 Å². The lowest BCUT2D eigenvalue weighted by atomic mass is 10.1. The summed E-state index contributed by atoms with van der Waals surface area (Å²) in [5.74, 6) is -1.27. The number of carbonyl (C=O) groups excluding carboxylic acids is 2. The number of aliphatic hydroxyl groups is 1. The summed E-state index contributed by atoms with van der Waals surface area (Å²) in [4.78, 5) is 24.5. The number of amides is 2. The van der Waals surface area contributed by atoms with Gasteiger partial charge >= 0.3 is 0 Å². The standard InChI is InChI=1S/C13H14FN3O3/c14-8-4-7-9(16-13(20)12(7)19)5-10(8)17-3-1-2-15-11(18)6-17/h4-5,12,19H,1-3,6H2,(H,15,18)(H,16,20). The quantitative estimate of drug-likeness (QED) is 0.683. The molecule has 2 aliphatic heterocycles. The molecule has 6 nitrogen and oxygen atoms in total. The second kappa shape index (κ2) is 4.75. The van der Waals surface area contributed by atoms with Crippen molar-refractivity contribution < 1.29 is 19.1 Å². The van der Waals surface area contributed by atoms with E-state index in [1.807, 2.05) is 0 Å². The fourth-order valence-electron chi connectivity index (χ4n) is 2.51. The Kier molecular flexibility index (Phi) is 3.06. The van der Waals surface area contributed by atoms with E-state index in [-0.39, 0.29) is 23.7 Å². The first kappa shape index (κ1) is 12.9. The summed E-state index contributed by atoms with van der Waals surface area (Å²) in [5.41, 5.74) is 0.884. The summed E-state index contributed by atoms with van der Waals surface area (Å²) in [5, 5.41) is 14.8. The molecule has 1 atom stereocenters. The Morgan fingerprint density at radius 3 is 2.95 bits per heavy atom. The minimum atomic E-state index is -1.33. The largest absolute Gasteiger partial charge is 0.378 e. The molecule has 1 aromatic carbocycles. The molecule has 0 aliphatic carbocycles. The van der Waals surface area contributed by atoms with Crippen LogP contribution in [-0.4, -0.2) is 36.6 Å². The van der Waals surface area contributed by atoms with Crippen LogP contribution in [0.3, 0.4) is 0 Å². The van der Waals surface area contributed by atoms with Crippen LogP contribution in [0.15, 0.2) is 12.1 Å². The zero-order chi connectivity index (χ0) is 14.3. The van der Waals surface area contributed by atoms with Gasteiger partial charge in [0, 0.05) is 24.3 Å². The smallest absolute Gasteiger partial charge is 0.257 e. The van der Waals surface area contributed by atoms with Crippen LogP contribution in [-0.2, 0) is 9.59 Å². The second-order valence-corrected chi connectivity index (χ2v) is 4.91. The number of halogens is 1. The van der Waals surface area contributed by atoms with Crippen LogP contribution in [0.4, 0.5) is 15.8 Å². The summed E-state index contributed by atoms with van der Waals surface area (Å²) in [6.07, 6.45) is -0.613. The zero-order valence-corrected chi connectivity index (χ0v) is 10.6. The molecule has 0 aromatic heterocycles. The molecule has 0 radical (unpaired) electrons. The summed E-state index contributed by atoms with van der Waals surface area (Å²) in [6, 6.07) is 2.62. The highest BCUT2D eigenvalue weighted by molar-refractivity contribution is 6.02. The molecule has 0 bridgehead atoms. The van der Waals surface area contributed by atoms with E-state index in [0.29, 0.717) is 18.8 Å². The Morgan fingerprint density at radius 1 is 1.35 bits per heavy atom. The minimum absolute atomic E-state index is 0.0756. The van der Waals surface area contributed by atoms with Gasteiger partial charge in [0.05, 0.1) is 12.2 Å². The molecular weight excluding hydrogens is 265 g/mol. The van der Waals surface area contributed by atoms with Gasteiger partial charge in [-0.1, -0.05) is 0 Å². The van der Waals surface area contributed by atoms with E-state index >= 15 is 0 Å².